The average Bonchev–Trinajstić information content (AvgIpc) is 2.46. The molecule has 3 heteroatoms. The summed E-state index contributed by atoms with van der Waals surface area (Å²) in [5, 5.41) is 1.95. The van der Waals surface area contributed by atoms with Crippen molar-refractivity contribution >= 4 is 16.8 Å². The monoisotopic (exact) mass is 258 g/mol. The van der Waals surface area contributed by atoms with Crippen molar-refractivity contribution in [1.29, 1.82) is 0 Å². The van der Waals surface area contributed by atoms with Gasteiger partial charge in [-0.3, -0.25) is 0 Å². The third-order valence-corrected chi connectivity index (χ3v) is 3.01. The van der Waals surface area contributed by atoms with Crippen molar-refractivity contribution in [3.63, 3.8) is 0 Å². The SMILES string of the molecule is C=Cc1c(OCC)c(OC)c2ccccc2c1OC. The van der Waals surface area contributed by atoms with Gasteiger partial charge in [-0.15, -0.1) is 0 Å². The van der Waals surface area contributed by atoms with Gasteiger partial charge in [0.2, 0.25) is 0 Å². The van der Waals surface area contributed by atoms with Gasteiger partial charge in [0.25, 0.3) is 0 Å². The molecule has 0 radical (unpaired) electrons. The van der Waals surface area contributed by atoms with E-state index in [9.17, 15) is 0 Å². The van der Waals surface area contributed by atoms with Crippen LogP contribution in [0.5, 0.6) is 17.2 Å². The molecule has 0 heterocycles. The van der Waals surface area contributed by atoms with Gasteiger partial charge in [-0.05, 0) is 6.92 Å². The average molecular weight is 258 g/mol. The number of benzene rings is 2. The van der Waals surface area contributed by atoms with Crippen molar-refractivity contribution < 1.29 is 14.2 Å². The van der Waals surface area contributed by atoms with Crippen molar-refractivity contribution in [1.82, 2.24) is 0 Å². The van der Waals surface area contributed by atoms with Crippen molar-refractivity contribution in [3.8, 4) is 17.2 Å². The molecule has 0 amide bonds. The van der Waals surface area contributed by atoms with Gasteiger partial charge in [-0.1, -0.05) is 36.9 Å². The van der Waals surface area contributed by atoms with Gasteiger partial charge in [0.15, 0.2) is 11.5 Å². The van der Waals surface area contributed by atoms with Gasteiger partial charge in [-0.25, -0.2) is 0 Å². The molecule has 0 N–H and O–H groups in total. The Bertz CT molecular complexity index is 602. The molecular weight excluding hydrogens is 240 g/mol. The number of hydrogen-bond donors (Lipinski definition) is 0. The molecule has 2 aromatic rings. The maximum absolute atomic E-state index is 5.72. The molecule has 19 heavy (non-hydrogen) atoms. The van der Waals surface area contributed by atoms with Crippen LogP contribution in [-0.2, 0) is 0 Å². The first-order chi connectivity index (χ1) is 9.28. The number of methoxy groups -OCH3 is 2. The first-order valence-electron chi connectivity index (χ1n) is 6.20. The van der Waals surface area contributed by atoms with Crippen LogP contribution in [0.15, 0.2) is 30.8 Å². The van der Waals surface area contributed by atoms with Gasteiger partial charge in [0.1, 0.15) is 5.75 Å². The van der Waals surface area contributed by atoms with Gasteiger partial charge in [0.05, 0.1) is 26.4 Å². The predicted molar refractivity (Wildman–Crippen MR) is 78.3 cm³/mol. The standard InChI is InChI=1S/C16H18O3/c1-5-11-14(17-3)12-9-7-8-10-13(12)15(18-4)16(11)19-6-2/h5,7-10H,1,6H2,2-4H3. The summed E-state index contributed by atoms with van der Waals surface area (Å²) in [4.78, 5) is 0. The van der Waals surface area contributed by atoms with E-state index in [2.05, 4.69) is 6.58 Å². The molecule has 0 atom stereocenters. The summed E-state index contributed by atoms with van der Waals surface area (Å²) < 4.78 is 16.8. The van der Waals surface area contributed by atoms with Crippen LogP contribution in [0.1, 0.15) is 12.5 Å². The molecule has 0 bridgehead atoms. The zero-order valence-corrected chi connectivity index (χ0v) is 11.5. The lowest BCUT2D eigenvalue weighted by Crippen LogP contribution is -2.01. The van der Waals surface area contributed by atoms with Gasteiger partial charge < -0.3 is 14.2 Å². The Kier molecular flexibility index (Phi) is 3.95. The van der Waals surface area contributed by atoms with E-state index in [1.165, 1.54) is 0 Å². The fourth-order valence-electron chi connectivity index (χ4n) is 2.27. The van der Waals surface area contributed by atoms with Crippen LogP contribution in [0.25, 0.3) is 16.8 Å². The molecule has 2 rings (SSSR count). The Morgan fingerprint density at radius 2 is 1.58 bits per heavy atom. The zero-order valence-electron chi connectivity index (χ0n) is 11.5. The van der Waals surface area contributed by atoms with E-state index in [1.807, 2.05) is 31.2 Å². The highest BCUT2D eigenvalue weighted by Gasteiger charge is 2.19. The summed E-state index contributed by atoms with van der Waals surface area (Å²) >= 11 is 0. The van der Waals surface area contributed by atoms with E-state index in [0.29, 0.717) is 18.1 Å². The van der Waals surface area contributed by atoms with Crippen LogP contribution in [0.4, 0.5) is 0 Å². The summed E-state index contributed by atoms with van der Waals surface area (Å²) in [5.41, 5.74) is 0.819. The minimum Gasteiger partial charge on any atom is -0.495 e. The van der Waals surface area contributed by atoms with E-state index in [4.69, 9.17) is 14.2 Å². The third-order valence-electron chi connectivity index (χ3n) is 3.01. The fourth-order valence-corrected chi connectivity index (χ4v) is 2.27. The molecule has 0 aliphatic heterocycles. The van der Waals surface area contributed by atoms with E-state index in [1.54, 1.807) is 20.3 Å². The van der Waals surface area contributed by atoms with E-state index in [-0.39, 0.29) is 0 Å². The molecule has 0 aromatic heterocycles. The van der Waals surface area contributed by atoms with Crippen LogP contribution in [0.3, 0.4) is 0 Å². The largest absolute Gasteiger partial charge is 0.495 e. The van der Waals surface area contributed by atoms with E-state index in [0.717, 1.165) is 22.1 Å². The number of ether oxygens (including phenoxy) is 3. The molecule has 0 saturated heterocycles. The van der Waals surface area contributed by atoms with E-state index >= 15 is 0 Å². The zero-order chi connectivity index (χ0) is 13.8. The van der Waals surface area contributed by atoms with Gasteiger partial charge >= 0.3 is 0 Å². The smallest absolute Gasteiger partial charge is 0.172 e. The topological polar surface area (TPSA) is 27.7 Å². The lowest BCUT2D eigenvalue weighted by atomic mass is 10.0. The van der Waals surface area contributed by atoms with Crippen LogP contribution in [-0.4, -0.2) is 20.8 Å². The quantitative estimate of drug-likeness (QED) is 0.814. The number of hydrogen-bond acceptors (Lipinski definition) is 3. The van der Waals surface area contributed by atoms with Crippen LogP contribution < -0.4 is 14.2 Å². The Labute approximate surface area is 113 Å². The molecule has 0 fully saturated rings. The molecule has 0 unspecified atom stereocenters. The lowest BCUT2D eigenvalue weighted by Gasteiger charge is -2.18. The number of rotatable bonds is 5. The van der Waals surface area contributed by atoms with Crippen molar-refractivity contribution in [3.05, 3.63) is 36.4 Å². The minimum absolute atomic E-state index is 0.554. The summed E-state index contributed by atoms with van der Waals surface area (Å²) in [6.07, 6.45) is 1.73. The first-order valence-corrected chi connectivity index (χ1v) is 6.20. The summed E-state index contributed by atoms with van der Waals surface area (Å²) in [6, 6.07) is 7.93. The van der Waals surface area contributed by atoms with Crippen LogP contribution in [0.2, 0.25) is 0 Å². The van der Waals surface area contributed by atoms with Crippen LogP contribution >= 0.6 is 0 Å². The van der Waals surface area contributed by atoms with Gasteiger partial charge in [-0.2, -0.15) is 0 Å². The molecule has 3 nitrogen and oxygen atoms in total. The number of fused-ring (bicyclic) bond motifs is 1. The fraction of sp³-hybridized carbons (Fsp3) is 0.250. The Balaban J connectivity index is 2.92. The summed E-state index contributed by atoms with van der Waals surface area (Å²) in [6.45, 7) is 6.34. The van der Waals surface area contributed by atoms with Crippen molar-refractivity contribution in [2.45, 2.75) is 6.92 Å². The lowest BCUT2D eigenvalue weighted by molar-refractivity contribution is 0.309. The maximum Gasteiger partial charge on any atom is 0.172 e. The van der Waals surface area contributed by atoms with Crippen molar-refractivity contribution in [2.75, 3.05) is 20.8 Å². The second kappa shape index (κ2) is 5.65. The van der Waals surface area contributed by atoms with E-state index < -0.39 is 0 Å². The molecule has 100 valence electrons. The molecule has 0 aliphatic carbocycles. The van der Waals surface area contributed by atoms with Crippen LogP contribution in [0, 0.1) is 0 Å². The van der Waals surface area contributed by atoms with Gasteiger partial charge in [0, 0.05) is 10.8 Å². The minimum atomic E-state index is 0.554. The Morgan fingerprint density at radius 1 is 1.00 bits per heavy atom. The highest BCUT2D eigenvalue weighted by atomic mass is 16.5. The third kappa shape index (κ3) is 2.12. The molecular formula is C16H18O3. The highest BCUT2D eigenvalue weighted by molar-refractivity contribution is 5.99. The first kappa shape index (κ1) is 13.3. The summed E-state index contributed by atoms with van der Waals surface area (Å²) in [5.74, 6) is 2.15. The summed E-state index contributed by atoms with van der Waals surface area (Å²) in [7, 11) is 3.29. The Hall–Kier alpha value is -2.16. The maximum atomic E-state index is 5.72. The molecule has 0 saturated carbocycles. The molecule has 0 spiro atoms. The van der Waals surface area contributed by atoms with Crippen molar-refractivity contribution in [2.24, 2.45) is 0 Å². The second-order valence-electron chi connectivity index (χ2n) is 3.99. The predicted octanol–water partition coefficient (Wildman–Crippen LogP) is 3.90. The highest BCUT2D eigenvalue weighted by Crippen LogP contribution is 2.46. The normalized spacial score (nSPS) is 10.3. The second-order valence-corrected chi connectivity index (χ2v) is 3.99. The Morgan fingerprint density at radius 3 is 2.05 bits per heavy atom. The molecule has 0 aliphatic rings. The molecule has 2 aromatic carbocycles.